The van der Waals surface area contributed by atoms with Gasteiger partial charge >= 0.3 is 12.2 Å². The van der Waals surface area contributed by atoms with Crippen molar-refractivity contribution in [1.82, 2.24) is 30.5 Å². The van der Waals surface area contributed by atoms with Crippen LogP contribution in [0.4, 0.5) is 19.2 Å². The average molecular weight is 435 g/mol. The fourth-order valence-electron chi connectivity index (χ4n) is 4.13. The van der Waals surface area contributed by atoms with E-state index in [2.05, 4.69) is 30.9 Å². The quantitative estimate of drug-likeness (QED) is 0.647. The number of fused-ring (bicyclic) bond motifs is 1. The van der Waals surface area contributed by atoms with Crippen molar-refractivity contribution in [3.05, 3.63) is 17.7 Å². The van der Waals surface area contributed by atoms with E-state index < -0.39 is 17.8 Å². The van der Waals surface area contributed by atoms with E-state index in [-0.39, 0.29) is 34.4 Å². The van der Waals surface area contributed by atoms with Crippen LogP contribution >= 0.6 is 0 Å². The first-order valence-corrected chi connectivity index (χ1v) is 10.1. The van der Waals surface area contributed by atoms with Gasteiger partial charge in [0.2, 0.25) is 5.91 Å². The van der Waals surface area contributed by atoms with Crippen molar-refractivity contribution in [2.75, 3.05) is 18.4 Å². The van der Waals surface area contributed by atoms with Gasteiger partial charge in [-0.3, -0.25) is 9.89 Å². The van der Waals surface area contributed by atoms with E-state index >= 15 is 0 Å². The van der Waals surface area contributed by atoms with Crippen molar-refractivity contribution >= 4 is 23.0 Å². The second kappa shape index (κ2) is 6.92. The summed E-state index contributed by atoms with van der Waals surface area (Å²) in [6, 6.07) is 1.54. The Kier molecular flexibility index (Phi) is 4.41. The lowest BCUT2D eigenvalue weighted by atomic mass is 9.93. The van der Waals surface area contributed by atoms with E-state index in [0.29, 0.717) is 5.41 Å². The van der Waals surface area contributed by atoms with Gasteiger partial charge in [-0.1, -0.05) is 10.3 Å². The van der Waals surface area contributed by atoms with Gasteiger partial charge in [-0.2, -0.15) is 13.2 Å². The van der Waals surface area contributed by atoms with Crippen LogP contribution in [-0.2, 0) is 11.0 Å². The van der Waals surface area contributed by atoms with Gasteiger partial charge in [0.25, 0.3) is 5.89 Å². The highest BCUT2D eigenvalue weighted by Gasteiger charge is 2.45. The number of hydrogen-bond acceptors (Lipinski definition) is 7. The van der Waals surface area contributed by atoms with Crippen molar-refractivity contribution in [3.63, 3.8) is 0 Å². The summed E-state index contributed by atoms with van der Waals surface area (Å²) in [5, 5.41) is 20.1. The predicted molar refractivity (Wildman–Crippen MR) is 103 cm³/mol. The highest BCUT2D eigenvalue weighted by Crippen LogP contribution is 2.53. The van der Waals surface area contributed by atoms with Crippen LogP contribution in [0.25, 0.3) is 22.5 Å². The normalized spacial score (nSPS) is 19.0. The number of H-pyrrole nitrogens is 1. The molecule has 12 heteroatoms. The summed E-state index contributed by atoms with van der Waals surface area (Å²) in [7, 11) is 0. The fraction of sp³-hybridized carbons (Fsp3) is 0.526. The summed E-state index contributed by atoms with van der Waals surface area (Å²) in [6.07, 6.45) is 0.0303. The molecule has 2 N–H and O–H groups in total. The molecule has 1 atom stereocenters. The standard InChI is InChI=1S/C19H20F3N7O2/c1-10(16(30)29-8-6-18(4-5-18)7-9-29)23-17-27-26-15(31-17)11-2-3-12(19(20,21)22)14-13(11)24-28-25-14/h2-3,10H,4-9H2,1H3,(H,23,27)(H,24,25,28)/t10-/m0/s1. The van der Waals surface area contributed by atoms with Gasteiger partial charge in [0.1, 0.15) is 11.6 Å². The number of carbonyl (C=O) groups is 1. The maximum atomic E-state index is 13.2. The SMILES string of the molecule is C[C@H](Nc1nnc(-c2ccc(C(F)(F)F)c3nn[nH]c23)o1)C(=O)N1CCC2(CC1)CC2. The lowest BCUT2D eigenvalue weighted by Crippen LogP contribution is -2.45. The van der Waals surface area contributed by atoms with Crippen LogP contribution < -0.4 is 5.32 Å². The molecular weight excluding hydrogens is 415 g/mol. The Hall–Kier alpha value is -3.18. The molecule has 0 radical (unpaired) electrons. The number of aromatic nitrogens is 5. The van der Waals surface area contributed by atoms with E-state index in [1.807, 2.05) is 4.90 Å². The van der Waals surface area contributed by atoms with E-state index in [1.54, 1.807) is 6.92 Å². The second-order valence-corrected chi connectivity index (χ2v) is 8.30. The largest absolute Gasteiger partial charge is 0.418 e. The number of likely N-dealkylation sites (tertiary alicyclic amines) is 1. The summed E-state index contributed by atoms with van der Waals surface area (Å²) in [5.74, 6) is -0.0643. The van der Waals surface area contributed by atoms with Crippen LogP contribution in [0, 0.1) is 5.41 Å². The van der Waals surface area contributed by atoms with Gasteiger partial charge < -0.3 is 14.6 Å². The van der Waals surface area contributed by atoms with E-state index in [4.69, 9.17) is 4.42 Å². The Morgan fingerprint density at radius 2 is 1.94 bits per heavy atom. The molecule has 2 fully saturated rings. The number of alkyl halides is 3. The Labute approximate surface area is 174 Å². The molecule has 1 saturated carbocycles. The summed E-state index contributed by atoms with van der Waals surface area (Å²) in [5.41, 5.74) is -0.496. The first-order valence-electron chi connectivity index (χ1n) is 10.1. The highest BCUT2D eigenvalue weighted by atomic mass is 19.4. The molecule has 1 aliphatic carbocycles. The van der Waals surface area contributed by atoms with Crippen LogP contribution in [-0.4, -0.2) is 55.5 Å². The Morgan fingerprint density at radius 1 is 1.19 bits per heavy atom. The molecule has 0 unspecified atom stereocenters. The summed E-state index contributed by atoms with van der Waals surface area (Å²) < 4.78 is 45.1. The smallest absolute Gasteiger partial charge is 0.403 e. The summed E-state index contributed by atoms with van der Waals surface area (Å²) in [6.45, 7) is 3.20. The minimum atomic E-state index is -4.57. The molecule has 2 aromatic heterocycles. The number of nitrogens with one attached hydrogen (secondary N) is 2. The minimum absolute atomic E-state index is 0.00652. The molecule has 0 bridgehead atoms. The summed E-state index contributed by atoms with van der Waals surface area (Å²) >= 11 is 0. The lowest BCUT2D eigenvalue weighted by Gasteiger charge is -2.33. The third kappa shape index (κ3) is 3.59. The van der Waals surface area contributed by atoms with Crippen LogP contribution in [0.5, 0.6) is 0 Å². The number of anilines is 1. The zero-order chi connectivity index (χ0) is 21.8. The molecule has 9 nitrogen and oxygen atoms in total. The third-order valence-corrected chi connectivity index (χ3v) is 6.25. The number of piperidine rings is 1. The van der Waals surface area contributed by atoms with Crippen LogP contribution in [0.3, 0.4) is 0 Å². The first kappa shape index (κ1) is 19.8. The summed E-state index contributed by atoms with van der Waals surface area (Å²) in [4.78, 5) is 14.6. The van der Waals surface area contributed by atoms with Gasteiger partial charge in [0.15, 0.2) is 0 Å². The van der Waals surface area contributed by atoms with Crippen LogP contribution in [0.1, 0.15) is 38.2 Å². The van der Waals surface area contributed by atoms with Crippen molar-refractivity contribution in [3.8, 4) is 11.5 Å². The minimum Gasteiger partial charge on any atom is -0.403 e. The number of aromatic amines is 1. The number of benzene rings is 1. The maximum Gasteiger partial charge on any atom is 0.418 e. The topological polar surface area (TPSA) is 113 Å². The zero-order valence-electron chi connectivity index (χ0n) is 16.7. The third-order valence-electron chi connectivity index (χ3n) is 6.25. The lowest BCUT2D eigenvalue weighted by molar-refractivity contribution is -0.136. The van der Waals surface area contributed by atoms with Crippen molar-refractivity contribution in [1.29, 1.82) is 0 Å². The number of amides is 1. The molecule has 164 valence electrons. The molecular formula is C19H20F3N7O2. The van der Waals surface area contributed by atoms with Gasteiger partial charge in [0, 0.05) is 13.1 Å². The molecule has 1 amide bonds. The molecule has 1 saturated heterocycles. The van der Waals surface area contributed by atoms with E-state index in [0.717, 1.165) is 32.0 Å². The van der Waals surface area contributed by atoms with E-state index in [9.17, 15) is 18.0 Å². The first-order chi connectivity index (χ1) is 14.8. The Balaban J connectivity index is 1.31. The van der Waals surface area contributed by atoms with Gasteiger partial charge in [-0.05, 0) is 50.2 Å². The van der Waals surface area contributed by atoms with Crippen molar-refractivity contribution < 1.29 is 22.4 Å². The number of halogens is 3. The molecule has 2 aliphatic rings. The van der Waals surface area contributed by atoms with Crippen molar-refractivity contribution in [2.24, 2.45) is 5.41 Å². The Morgan fingerprint density at radius 3 is 2.61 bits per heavy atom. The Bertz CT molecular complexity index is 1130. The molecule has 1 aromatic carbocycles. The fourth-order valence-corrected chi connectivity index (χ4v) is 4.13. The average Bonchev–Trinajstić information content (AvgIpc) is 3.13. The number of rotatable bonds is 4. The van der Waals surface area contributed by atoms with Gasteiger partial charge in [-0.25, -0.2) is 0 Å². The van der Waals surface area contributed by atoms with Crippen LogP contribution in [0.2, 0.25) is 0 Å². The second-order valence-electron chi connectivity index (χ2n) is 8.30. The molecule has 3 heterocycles. The highest BCUT2D eigenvalue weighted by molar-refractivity contribution is 5.91. The molecule has 3 aromatic rings. The number of carbonyl (C=O) groups excluding carboxylic acids is 1. The maximum absolute atomic E-state index is 13.2. The van der Waals surface area contributed by atoms with Crippen molar-refractivity contribution in [2.45, 2.75) is 44.8 Å². The van der Waals surface area contributed by atoms with Crippen LogP contribution in [0.15, 0.2) is 16.5 Å². The number of hydrogen-bond donors (Lipinski definition) is 2. The molecule has 31 heavy (non-hydrogen) atoms. The number of nitrogens with zero attached hydrogens (tertiary/aromatic N) is 5. The monoisotopic (exact) mass is 435 g/mol. The predicted octanol–water partition coefficient (Wildman–Crippen LogP) is 3.23. The molecule has 5 rings (SSSR count). The molecule has 1 aliphatic heterocycles. The van der Waals surface area contributed by atoms with E-state index in [1.165, 1.54) is 18.9 Å². The van der Waals surface area contributed by atoms with Gasteiger partial charge in [-0.15, -0.1) is 10.2 Å². The zero-order valence-corrected chi connectivity index (χ0v) is 16.7. The van der Waals surface area contributed by atoms with Gasteiger partial charge in [0.05, 0.1) is 16.6 Å². The molecule has 1 spiro atoms.